The number of amides is 1. The molecule has 2 heterocycles. The van der Waals surface area contributed by atoms with Gasteiger partial charge in [0.05, 0.1) is 29.6 Å². The highest BCUT2D eigenvalue weighted by Gasteiger charge is 2.25. The summed E-state index contributed by atoms with van der Waals surface area (Å²) in [5.74, 6) is -2.87. The summed E-state index contributed by atoms with van der Waals surface area (Å²) in [4.78, 5) is 18.8. The summed E-state index contributed by atoms with van der Waals surface area (Å²) in [7, 11) is 1.12. The number of methoxy groups -OCH3 is 1. The van der Waals surface area contributed by atoms with Gasteiger partial charge in [-0.2, -0.15) is 5.26 Å². The van der Waals surface area contributed by atoms with Gasteiger partial charge in [0.15, 0.2) is 11.6 Å². The molecule has 5 rings (SSSR count). The lowest BCUT2D eigenvalue weighted by atomic mass is 9.94. The SMILES string of the molecule is COC(=O)Nc1c(C#N)cc(F)c(F)c1-c1ccc2ncc(-c3cc(C)cc(F)c3)c(N3CCC(N)CC3)c2c1. The van der Waals surface area contributed by atoms with E-state index in [0.29, 0.717) is 35.1 Å². The quantitative estimate of drug-likeness (QED) is 0.313. The molecule has 0 saturated carbocycles. The minimum Gasteiger partial charge on any atom is -0.453 e. The maximum Gasteiger partial charge on any atom is 0.411 e. The summed E-state index contributed by atoms with van der Waals surface area (Å²) < 4.78 is 49.2. The van der Waals surface area contributed by atoms with Gasteiger partial charge in [-0.3, -0.25) is 10.3 Å². The zero-order valence-electron chi connectivity index (χ0n) is 21.9. The van der Waals surface area contributed by atoms with Crippen molar-refractivity contribution >= 4 is 28.4 Å². The van der Waals surface area contributed by atoms with E-state index in [0.717, 1.165) is 37.3 Å². The average Bonchev–Trinajstić information content (AvgIpc) is 2.94. The maximum atomic E-state index is 15.4. The minimum absolute atomic E-state index is 0.0533. The highest BCUT2D eigenvalue weighted by molar-refractivity contribution is 6.03. The molecule has 1 amide bonds. The number of nitrogens with one attached hydrogen (secondary N) is 1. The third-order valence-electron chi connectivity index (χ3n) is 7.09. The Bertz CT molecular complexity index is 1660. The van der Waals surface area contributed by atoms with Gasteiger partial charge in [-0.15, -0.1) is 0 Å². The summed E-state index contributed by atoms with van der Waals surface area (Å²) in [6.45, 7) is 3.07. The number of piperidine rings is 1. The number of nitrogens with two attached hydrogens (primary N) is 1. The molecule has 0 bridgehead atoms. The molecule has 204 valence electrons. The second-order valence-corrected chi connectivity index (χ2v) is 9.79. The molecule has 0 atom stereocenters. The van der Waals surface area contributed by atoms with Crippen molar-refractivity contribution in [3.63, 3.8) is 0 Å². The van der Waals surface area contributed by atoms with Crippen molar-refractivity contribution in [1.29, 1.82) is 5.26 Å². The lowest BCUT2D eigenvalue weighted by molar-refractivity contribution is 0.187. The Hall–Kier alpha value is -4.62. The van der Waals surface area contributed by atoms with Crippen molar-refractivity contribution in [3.8, 4) is 28.3 Å². The number of anilines is 2. The molecule has 3 N–H and O–H groups in total. The third kappa shape index (κ3) is 5.03. The summed E-state index contributed by atoms with van der Waals surface area (Å²) >= 11 is 0. The second-order valence-electron chi connectivity index (χ2n) is 9.79. The molecular weight excluding hydrogens is 519 g/mol. The van der Waals surface area contributed by atoms with Gasteiger partial charge < -0.3 is 15.4 Å². The molecule has 0 unspecified atom stereocenters. The fourth-order valence-electron chi connectivity index (χ4n) is 5.17. The third-order valence-corrected chi connectivity index (χ3v) is 7.09. The Labute approximate surface area is 229 Å². The summed E-state index contributed by atoms with van der Waals surface area (Å²) in [6, 6.07) is 12.1. The average molecular weight is 546 g/mol. The first-order valence-corrected chi connectivity index (χ1v) is 12.7. The Morgan fingerprint density at radius 1 is 1.12 bits per heavy atom. The number of aromatic nitrogens is 1. The number of aryl methyl sites for hydroxylation is 1. The highest BCUT2D eigenvalue weighted by Crippen LogP contribution is 2.42. The smallest absolute Gasteiger partial charge is 0.411 e. The number of halogens is 3. The normalized spacial score (nSPS) is 13.8. The van der Waals surface area contributed by atoms with Crippen LogP contribution in [0.2, 0.25) is 0 Å². The molecule has 10 heteroatoms. The number of hydrogen-bond donors (Lipinski definition) is 2. The van der Waals surface area contributed by atoms with Gasteiger partial charge in [-0.25, -0.2) is 18.0 Å². The zero-order chi connectivity index (χ0) is 28.6. The van der Waals surface area contributed by atoms with E-state index in [-0.39, 0.29) is 34.2 Å². The summed E-state index contributed by atoms with van der Waals surface area (Å²) in [6.07, 6.45) is 2.21. The Balaban J connectivity index is 1.80. The zero-order valence-corrected chi connectivity index (χ0v) is 21.9. The lowest BCUT2D eigenvalue weighted by Crippen LogP contribution is -2.40. The van der Waals surface area contributed by atoms with Crippen molar-refractivity contribution in [2.45, 2.75) is 25.8 Å². The van der Waals surface area contributed by atoms with E-state index in [4.69, 9.17) is 5.73 Å². The fourth-order valence-corrected chi connectivity index (χ4v) is 5.17. The molecular formula is C30H26F3N5O2. The monoisotopic (exact) mass is 545 g/mol. The van der Waals surface area contributed by atoms with Gasteiger partial charge in [0, 0.05) is 41.8 Å². The molecule has 4 aromatic rings. The number of benzene rings is 3. The van der Waals surface area contributed by atoms with Crippen molar-refractivity contribution < 1.29 is 22.7 Å². The Kier molecular flexibility index (Phi) is 7.32. The van der Waals surface area contributed by atoms with Crippen LogP contribution in [0.15, 0.2) is 48.7 Å². The van der Waals surface area contributed by atoms with Gasteiger partial charge in [0.1, 0.15) is 11.9 Å². The van der Waals surface area contributed by atoms with Crippen LogP contribution in [0.5, 0.6) is 0 Å². The minimum atomic E-state index is -1.24. The van der Waals surface area contributed by atoms with E-state index in [1.54, 1.807) is 37.4 Å². The molecule has 0 aliphatic carbocycles. The number of carbonyl (C=O) groups excluding carboxylic acids is 1. The Morgan fingerprint density at radius 2 is 1.88 bits per heavy atom. The van der Waals surface area contributed by atoms with E-state index in [1.165, 1.54) is 12.1 Å². The largest absolute Gasteiger partial charge is 0.453 e. The van der Waals surface area contributed by atoms with Crippen molar-refractivity contribution in [2.75, 3.05) is 30.4 Å². The number of rotatable bonds is 4. The molecule has 1 fully saturated rings. The highest BCUT2D eigenvalue weighted by atomic mass is 19.2. The lowest BCUT2D eigenvalue weighted by Gasteiger charge is -2.34. The summed E-state index contributed by atoms with van der Waals surface area (Å²) in [5, 5.41) is 12.6. The standard InChI is InChI=1S/C30H26F3N5O2/c1-16-9-18(11-20(31)10-16)23-15-36-25-4-3-17(12-22(25)29(23)38-7-5-21(35)6-8-38)26-27(33)24(32)13-19(14-34)28(26)37-30(39)40-2/h3-4,9-13,15,21H,5-8,35H2,1-2H3,(H,37,39). The van der Waals surface area contributed by atoms with Gasteiger partial charge in [0.2, 0.25) is 0 Å². The predicted octanol–water partition coefficient (Wildman–Crippen LogP) is 6.27. The Morgan fingerprint density at radius 3 is 2.55 bits per heavy atom. The number of carbonyl (C=O) groups is 1. The van der Waals surface area contributed by atoms with Crippen molar-refractivity contribution in [2.24, 2.45) is 5.73 Å². The van der Waals surface area contributed by atoms with Crippen LogP contribution in [0, 0.1) is 35.7 Å². The molecule has 1 aliphatic heterocycles. The van der Waals surface area contributed by atoms with E-state index < -0.39 is 17.7 Å². The molecule has 40 heavy (non-hydrogen) atoms. The first kappa shape index (κ1) is 27.0. The molecule has 1 saturated heterocycles. The van der Waals surface area contributed by atoms with Crippen LogP contribution >= 0.6 is 0 Å². The van der Waals surface area contributed by atoms with Crippen LogP contribution in [-0.2, 0) is 4.74 Å². The molecule has 7 nitrogen and oxygen atoms in total. The first-order valence-electron chi connectivity index (χ1n) is 12.7. The van der Waals surface area contributed by atoms with E-state index >= 15 is 4.39 Å². The van der Waals surface area contributed by atoms with Gasteiger partial charge >= 0.3 is 6.09 Å². The van der Waals surface area contributed by atoms with Crippen LogP contribution in [-0.4, -0.2) is 37.3 Å². The van der Waals surface area contributed by atoms with E-state index in [1.807, 2.05) is 6.07 Å². The second kappa shape index (κ2) is 10.9. The van der Waals surface area contributed by atoms with E-state index in [9.17, 15) is 18.8 Å². The number of fused-ring (bicyclic) bond motifs is 1. The number of ether oxygens (including phenoxy) is 1. The molecule has 3 aromatic carbocycles. The van der Waals surface area contributed by atoms with Crippen LogP contribution in [0.4, 0.5) is 29.3 Å². The van der Waals surface area contributed by atoms with Gasteiger partial charge in [-0.05, 0) is 66.8 Å². The van der Waals surface area contributed by atoms with Crippen molar-refractivity contribution in [3.05, 3.63) is 77.2 Å². The number of nitrogens with zero attached hydrogens (tertiary/aromatic N) is 3. The first-order chi connectivity index (χ1) is 19.2. The van der Waals surface area contributed by atoms with Crippen LogP contribution in [0.1, 0.15) is 24.0 Å². The van der Waals surface area contributed by atoms with Gasteiger partial charge in [-0.1, -0.05) is 12.1 Å². The maximum absolute atomic E-state index is 15.4. The number of pyridine rings is 1. The molecule has 0 radical (unpaired) electrons. The molecule has 1 aliphatic rings. The van der Waals surface area contributed by atoms with Crippen LogP contribution in [0.3, 0.4) is 0 Å². The van der Waals surface area contributed by atoms with Crippen molar-refractivity contribution in [1.82, 2.24) is 4.98 Å². The number of nitriles is 1. The molecule has 0 spiro atoms. The number of hydrogen-bond acceptors (Lipinski definition) is 6. The fraction of sp³-hybridized carbons (Fsp3) is 0.233. The predicted molar refractivity (Wildman–Crippen MR) is 147 cm³/mol. The van der Waals surface area contributed by atoms with E-state index in [2.05, 4.69) is 19.9 Å². The summed E-state index contributed by atoms with van der Waals surface area (Å²) in [5.41, 5.74) is 8.94. The molecule has 1 aromatic heterocycles. The van der Waals surface area contributed by atoms with Crippen LogP contribution in [0.25, 0.3) is 33.2 Å². The topological polar surface area (TPSA) is 104 Å². The van der Waals surface area contributed by atoms with Gasteiger partial charge in [0.25, 0.3) is 0 Å². The van der Waals surface area contributed by atoms with Crippen LogP contribution < -0.4 is 16.0 Å².